The second-order valence-corrected chi connectivity index (χ2v) is 5.70. The lowest BCUT2D eigenvalue weighted by Crippen LogP contribution is -2.51. The van der Waals surface area contributed by atoms with Gasteiger partial charge in [-0.15, -0.1) is 0 Å². The molecular weight excluding hydrogens is 288 g/mol. The van der Waals surface area contributed by atoms with Crippen LogP contribution < -0.4 is 11.1 Å². The van der Waals surface area contributed by atoms with Crippen molar-refractivity contribution in [2.24, 2.45) is 11.7 Å². The monoisotopic (exact) mass is 312 g/mol. The summed E-state index contributed by atoms with van der Waals surface area (Å²) in [6.45, 7) is 0.611. The molecule has 0 spiro atoms. The van der Waals surface area contributed by atoms with Crippen LogP contribution in [0.3, 0.4) is 0 Å². The topological polar surface area (TPSA) is 55.1 Å². The van der Waals surface area contributed by atoms with Gasteiger partial charge >= 0.3 is 0 Å². The van der Waals surface area contributed by atoms with Crippen LogP contribution in [0.15, 0.2) is 0 Å². The molecule has 3 N–H and O–H groups in total. The first kappa shape index (κ1) is 18.2. The van der Waals surface area contributed by atoms with Gasteiger partial charge in [0.1, 0.15) is 25.2 Å². The van der Waals surface area contributed by atoms with Gasteiger partial charge in [0.25, 0.3) is 0 Å². The largest absolute Gasteiger partial charge is 0.350 e. The Morgan fingerprint density at radius 2 is 2.05 bits per heavy atom. The molecule has 1 aliphatic carbocycles. The van der Waals surface area contributed by atoms with Crippen molar-refractivity contribution < 1.29 is 22.4 Å². The summed E-state index contributed by atoms with van der Waals surface area (Å²) in [6.07, 6.45) is -3.63. The van der Waals surface area contributed by atoms with Gasteiger partial charge in [0.15, 0.2) is 0 Å². The van der Waals surface area contributed by atoms with Crippen LogP contribution in [-0.2, 0) is 4.79 Å². The number of carbonyl (C=O) groups is 1. The van der Waals surface area contributed by atoms with Gasteiger partial charge in [-0.05, 0) is 19.3 Å². The zero-order valence-corrected chi connectivity index (χ0v) is 12.2. The fourth-order valence-corrected chi connectivity index (χ4v) is 2.61. The number of rotatable bonds is 7. The number of hydrogen-bond acceptors (Lipinski definition) is 2. The molecule has 1 saturated carbocycles. The van der Waals surface area contributed by atoms with E-state index in [-0.39, 0.29) is 19.3 Å². The van der Waals surface area contributed by atoms with Gasteiger partial charge in [-0.25, -0.2) is 13.2 Å². The molecule has 0 aliphatic heterocycles. The molecule has 0 saturated heterocycles. The fourth-order valence-electron chi connectivity index (χ4n) is 2.61. The van der Waals surface area contributed by atoms with Crippen molar-refractivity contribution in [2.45, 2.75) is 69.6 Å². The van der Waals surface area contributed by atoms with E-state index in [9.17, 15) is 22.4 Å². The van der Waals surface area contributed by atoms with Crippen LogP contribution in [0.2, 0.25) is 0 Å². The highest BCUT2D eigenvalue weighted by molar-refractivity contribution is 5.80. The quantitative estimate of drug-likeness (QED) is 0.709. The van der Waals surface area contributed by atoms with Crippen LogP contribution in [0.5, 0.6) is 0 Å². The minimum absolute atomic E-state index is 0.130. The first-order chi connectivity index (χ1) is 9.90. The number of carbonyl (C=O) groups excluding carboxylic acids is 1. The molecular formula is C14H24F4N2O. The molecule has 1 fully saturated rings. The van der Waals surface area contributed by atoms with E-state index in [1.807, 2.05) is 0 Å². The fraction of sp³-hybridized carbons (Fsp3) is 0.929. The molecule has 0 bridgehead atoms. The maximum Gasteiger partial charge on any atom is 0.229 e. The van der Waals surface area contributed by atoms with Crippen molar-refractivity contribution in [3.8, 4) is 0 Å². The van der Waals surface area contributed by atoms with E-state index in [2.05, 4.69) is 5.32 Å². The lowest BCUT2D eigenvalue weighted by Gasteiger charge is -2.31. The molecule has 0 aromatic carbocycles. The van der Waals surface area contributed by atoms with Crippen molar-refractivity contribution in [3.63, 3.8) is 0 Å². The third-order valence-electron chi connectivity index (χ3n) is 3.95. The number of nitrogens with one attached hydrogen (secondary N) is 1. The van der Waals surface area contributed by atoms with E-state index >= 15 is 0 Å². The normalized spacial score (nSPS) is 30.5. The summed E-state index contributed by atoms with van der Waals surface area (Å²) < 4.78 is 53.6. The minimum atomic E-state index is -1.81. The predicted octanol–water partition coefficient (Wildman–Crippen LogP) is 2.38. The molecule has 4 unspecified atom stereocenters. The minimum Gasteiger partial charge on any atom is -0.350 e. The standard InChI is InChI=1S/C14H24F4N2O/c1-2-3-11(19)13(18)9(7-15)14(21)20-12-5-4-8(16)6-10(12)17/h8-13H,2-7,19H2,1H3,(H,20,21)/t8-,9+,10?,11?,12?,13?/m0/s1. The predicted molar refractivity (Wildman–Crippen MR) is 72.8 cm³/mol. The van der Waals surface area contributed by atoms with Crippen molar-refractivity contribution in [2.75, 3.05) is 6.67 Å². The van der Waals surface area contributed by atoms with Crippen molar-refractivity contribution in [1.29, 1.82) is 0 Å². The Balaban J connectivity index is 2.58. The first-order valence-electron chi connectivity index (χ1n) is 7.44. The molecule has 3 nitrogen and oxygen atoms in total. The Labute approximate surface area is 122 Å². The molecule has 1 rings (SSSR count). The highest BCUT2D eigenvalue weighted by Crippen LogP contribution is 2.25. The maximum absolute atomic E-state index is 14.0. The molecule has 1 amide bonds. The van der Waals surface area contributed by atoms with Crippen LogP contribution in [0.4, 0.5) is 17.6 Å². The van der Waals surface area contributed by atoms with Gasteiger partial charge in [-0.2, -0.15) is 0 Å². The van der Waals surface area contributed by atoms with Crippen LogP contribution in [0, 0.1) is 5.92 Å². The molecule has 0 aromatic heterocycles. The molecule has 0 heterocycles. The number of nitrogens with two attached hydrogens (primary N) is 1. The van der Waals surface area contributed by atoms with Gasteiger partial charge in [-0.1, -0.05) is 13.3 Å². The molecule has 6 atom stereocenters. The smallest absolute Gasteiger partial charge is 0.229 e. The Morgan fingerprint density at radius 3 is 2.57 bits per heavy atom. The van der Waals surface area contributed by atoms with E-state index in [1.54, 1.807) is 6.92 Å². The summed E-state index contributed by atoms with van der Waals surface area (Å²) in [5.41, 5.74) is 5.58. The zero-order chi connectivity index (χ0) is 16.0. The summed E-state index contributed by atoms with van der Waals surface area (Å²) in [5.74, 6) is -2.43. The van der Waals surface area contributed by atoms with Gasteiger partial charge < -0.3 is 11.1 Å². The molecule has 21 heavy (non-hydrogen) atoms. The second-order valence-electron chi connectivity index (χ2n) is 5.70. The number of amides is 1. The third-order valence-corrected chi connectivity index (χ3v) is 3.95. The lowest BCUT2D eigenvalue weighted by atomic mass is 9.90. The zero-order valence-electron chi connectivity index (χ0n) is 12.2. The number of alkyl halides is 4. The molecule has 124 valence electrons. The molecule has 7 heteroatoms. The first-order valence-corrected chi connectivity index (χ1v) is 7.44. The highest BCUT2D eigenvalue weighted by atomic mass is 19.2. The molecule has 0 radical (unpaired) electrons. The third kappa shape index (κ3) is 5.13. The van der Waals surface area contributed by atoms with Crippen LogP contribution >= 0.6 is 0 Å². The number of halogens is 4. The Hall–Kier alpha value is -0.850. The summed E-state index contributed by atoms with van der Waals surface area (Å²) >= 11 is 0. The van der Waals surface area contributed by atoms with Gasteiger partial charge in [-0.3, -0.25) is 9.18 Å². The summed E-state index contributed by atoms with van der Waals surface area (Å²) in [4.78, 5) is 11.9. The van der Waals surface area contributed by atoms with Gasteiger partial charge in [0.2, 0.25) is 5.91 Å². The SMILES string of the molecule is CCCC(N)C(F)[C@@H](CF)C(=O)NC1CC[C@H](F)CC1F. The van der Waals surface area contributed by atoms with Gasteiger partial charge in [0.05, 0.1) is 12.0 Å². The molecule has 0 aromatic rings. The maximum atomic E-state index is 14.0. The number of hydrogen-bond donors (Lipinski definition) is 2. The van der Waals surface area contributed by atoms with Gasteiger partial charge in [0, 0.05) is 12.5 Å². The van der Waals surface area contributed by atoms with Crippen molar-refractivity contribution >= 4 is 5.91 Å². The Bertz CT molecular complexity index is 332. The lowest BCUT2D eigenvalue weighted by molar-refractivity contribution is -0.129. The second kappa shape index (κ2) is 8.56. The van der Waals surface area contributed by atoms with E-state index in [0.29, 0.717) is 12.8 Å². The summed E-state index contributed by atoms with van der Waals surface area (Å²) in [6, 6.07) is -1.81. The molecule has 1 aliphatic rings. The Kier molecular flexibility index (Phi) is 7.42. The highest BCUT2D eigenvalue weighted by Gasteiger charge is 2.37. The summed E-state index contributed by atoms with van der Waals surface area (Å²) in [5, 5.41) is 2.30. The van der Waals surface area contributed by atoms with E-state index in [0.717, 1.165) is 0 Å². The van der Waals surface area contributed by atoms with E-state index in [4.69, 9.17) is 5.73 Å². The summed E-state index contributed by atoms with van der Waals surface area (Å²) in [7, 11) is 0. The average molecular weight is 312 g/mol. The average Bonchev–Trinajstić information content (AvgIpc) is 2.43. The van der Waals surface area contributed by atoms with Crippen LogP contribution in [0.1, 0.15) is 39.0 Å². The van der Waals surface area contributed by atoms with Crippen molar-refractivity contribution in [1.82, 2.24) is 5.32 Å². The van der Waals surface area contributed by atoms with Crippen molar-refractivity contribution in [3.05, 3.63) is 0 Å². The van der Waals surface area contributed by atoms with E-state index in [1.165, 1.54) is 0 Å². The van der Waals surface area contributed by atoms with Crippen LogP contribution in [-0.4, -0.2) is 43.2 Å². The van der Waals surface area contributed by atoms with Crippen LogP contribution in [0.25, 0.3) is 0 Å². The Morgan fingerprint density at radius 1 is 1.38 bits per heavy atom. The van der Waals surface area contributed by atoms with E-state index < -0.39 is 49.1 Å².